The van der Waals surface area contributed by atoms with Crippen molar-refractivity contribution >= 4 is 5.97 Å². The molecule has 2 atom stereocenters. The second kappa shape index (κ2) is 5.83. The minimum atomic E-state index is -0.526. The van der Waals surface area contributed by atoms with Crippen LogP contribution in [0.4, 0.5) is 0 Å². The monoisotopic (exact) mass is 241 g/mol. The fourth-order valence-corrected chi connectivity index (χ4v) is 3.13. The summed E-state index contributed by atoms with van der Waals surface area (Å²) in [5.41, 5.74) is 0. The normalized spacial score (nSPS) is 32.4. The number of methoxy groups -OCH3 is 1. The number of hydrogen-bond donors (Lipinski definition) is 1. The van der Waals surface area contributed by atoms with Crippen LogP contribution in [0.15, 0.2) is 0 Å². The van der Waals surface area contributed by atoms with Crippen molar-refractivity contribution in [1.82, 2.24) is 4.90 Å². The molecule has 0 aromatic carbocycles. The van der Waals surface area contributed by atoms with E-state index in [1.165, 1.54) is 39.2 Å². The third-order valence-corrected chi connectivity index (χ3v) is 4.20. The maximum atomic E-state index is 11.6. The first-order valence-corrected chi connectivity index (χ1v) is 6.72. The lowest BCUT2D eigenvalue weighted by molar-refractivity contribution is -0.153. The number of carbonyl (C=O) groups is 1. The Morgan fingerprint density at radius 1 is 1.24 bits per heavy atom. The summed E-state index contributed by atoms with van der Waals surface area (Å²) in [6.07, 6.45) is 6.58. The van der Waals surface area contributed by atoms with Gasteiger partial charge >= 0.3 is 5.97 Å². The number of likely N-dealkylation sites (tertiary alicyclic amines) is 1. The van der Waals surface area contributed by atoms with Crippen LogP contribution in [0.3, 0.4) is 0 Å². The zero-order valence-electron chi connectivity index (χ0n) is 10.6. The first-order valence-electron chi connectivity index (χ1n) is 6.72. The van der Waals surface area contributed by atoms with Crippen molar-refractivity contribution in [1.29, 1.82) is 0 Å². The number of ether oxygens (including phenoxy) is 1. The highest BCUT2D eigenvalue weighted by Crippen LogP contribution is 2.27. The number of carbonyl (C=O) groups excluding carboxylic acids is 1. The molecule has 4 nitrogen and oxygen atoms in total. The van der Waals surface area contributed by atoms with Crippen LogP contribution in [0.5, 0.6) is 0 Å². The molecule has 0 amide bonds. The van der Waals surface area contributed by atoms with Gasteiger partial charge in [0.2, 0.25) is 0 Å². The highest BCUT2D eigenvalue weighted by molar-refractivity contribution is 5.73. The highest BCUT2D eigenvalue weighted by atomic mass is 16.5. The van der Waals surface area contributed by atoms with Gasteiger partial charge in [-0.2, -0.15) is 0 Å². The Bertz CT molecular complexity index is 263. The molecule has 2 rings (SSSR count). The fraction of sp³-hybridized carbons (Fsp3) is 0.923. The Morgan fingerprint density at radius 3 is 2.59 bits per heavy atom. The molecule has 0 bridgehead atoms. The van der Waals surface area contributed by atoms with Gasteiger partial charge in [0.15, 0.2) is 0 Å². The number of nitrogens with zero attached hydrogens (tertiary/aromatic N) is 1. The SMILES string of the molecule is COC(=O)[C@H]1CN(C2CCCCC2)CC[C@H]1O. The molecular formula is C13H23NO3. The van der Waals surface area contributed by atoms with Crippen LogP contribution in [-0.4, -0.2) is 48.3 Å². The Hall–Kier alpha value is -0.610. The maximum Gasteiger partial charge on any atom is 0.312 e. The molecule has 0 aromatic heterocycles. The first-order chi connectivity index (χ1) is 8.22. The van der Waals surface area contributed by atoms with E-state index in [1.54, 1.807) is 0 Å². The Kier molecular flexibility index (Phi) is 4.40. The zero-order chi connectivity index (χ0) is 12.3. The molecule has 1 aliphatic carbocycles. The predicted octanol–water partition coefficient (Wildman–Crippen LogP) is 1.17. The van der Waals surface area contributed by atoms with Crippen LogP contribution in [0.25, 0.3) is 0 Å². The molecule has 1 aliphatic heterocycles. The molecule has 2 fully saturated rings. The first kappa shape index (κ1) is 12.8. The van der Waals surface area contributed by atoms with Crippen molar-refractivity contribution in [2.45, 2.75) is 50.7 Å². The van der Waals surface area contributed by atoms with E-state index in [0.717, 1.165) is 6.54 Å². The van der Waals surface area contributed by atoms with E-state index < -0.39 is 6.10 Å². The van der Waals surface area contributed by atoms with E-state index in [-0.39, 0.29) is 11.9 Å². The van der Waals surface area contributed by atoms with E-state index in [1.807, 2.05) is 0 Å². The Morgan fingerprint density at radius 2 is 1.94 bits per heavy atom. The van der Waals surface area contributed by atoms with Gasteiger partial charge in [-0.25, -0.2) is 0 Å². The standard InChI is InChI=1S/C13H23NO3/c1-17-13(16)11-9-14(8-7-12(11)15)10-5-3-2-4-6-10/h10-12,15H,2-9H2,1H3/t11-,12+/m0/s1. The van der Waals surface area contributed by atoms with Crippen LogP contribution in [0.1, 0.15) is 38.5 Å². The molecule has 1 saturated carbocycles. The number of aliphatic hydroxyl groups excluding tert-OH is 1. The summed E-state index contributed by atoms with van der Waals surface area (Å²) in [5, 5.41) is 9.86. The molecule has 1 saturated heterocycles. The number of esters is 1. The van der Waals surface area contributed by atoms with Crippen molar-refractivity contribution in [2.24, 2.45) is 5.92 Å². The van der Waals surface area contributed by atoms with Crippen LogP contribution in [-0.2, 0) is 9.53 Å². The number of piperidine rings is 1. The van der Waals surface area contributed by atoms with E-state index in [9.17, 15) is 9.90 Å². The topological polar surface area (TPSA) is 49.8 Å². The van der Waals surface area contributed by atoms with E-state index >= 15 is 0 Å². The quantitative estimate of drug-likeness (QED) is 0.737. The van der Waals surface area contributed by atoms with Gasteiger partial charge in [-0.05, 0) is 19.3 Å². The number of rotatable bonds is 2. The molecule has 4 heteroatoms. The van der Waals surface area contributed by atoms with E-state index in [0.29, 0.717) is 19.0 Å². The summed E-state index contributed by atoms with van der Waals surface area (Å²) in [4.78, 5) is 14.0. The second-order valence-electron chi connectivity index (χ2n) is 5.27. The third-order valence-electron chi connectivity index (χ3n) is 4.20. The Balaban J connectivity index is 1.94. The molecule has 98 valence electrons. The molecule has 2 aliphatic rings. The molecular weight excluding hydrogens is 218 g/mol. The van der Waals surface area contributed by atoms with Crippen LogP contribution < -0.4 is 0 Å². The summed E-state index contributed by atoms with van der Waals surface area (Å²) in [6.45, 7) is 1.58. The summed E-state index contributed by atoms with van der Waals surface area (Å²) < 4.78 is 4.77. The van der Waals surface area contributed by atoms with Crippen molar-refractivity contribution < 1.29 is 14.6 Å². The molecule has 1 heterocycles. The maximum absolute atomic E-state index is 11.6. The lowest BCUT2D eigenvalue weighted by Gasteiger charge is -2.41. The van der Waals surface area contributed by atoms with Crippen molar-refractivity contribution in [3.8, 4) is 0 Å². The minimum absolute atomic E-state index is 0.266. The van der Waals surface area contributed by atoms with Crippen molar-refractivity contribution in [2.75, 3.05) is 20.2 Å². The summed E-state index contributed by atoms with van der Waals surface area (Å²) in [6, 6.07) is 0.614. The molecule has 17 heavy (non-hydrogen) atoms. The highest BCUT2D eigenvalue weighted by Gasteiger charge is 2.36. The minimum Gasteiger partial charge on any atom is -0.469 e. The summed E-state index contributed by atoms with van der Waals surface area (Å²) >= 11 is 0. The second-order valence-corrected chi connectivity index (χ2v) is 5.27. The third kappa shape index (κ3) is 2.99. The largest absolute Gasteiger partial charge is 0.469 e. The van der Waals surface area contributed by atoms with Gasteiger partial charge in [-0.3, -0.25) is 9.69 Å². The molecule has 0 aromatic rings. The smallest absolute Gasteiger partial charge is 0.312 e. The van der Waals surface area contributed by atoms with Gasteiger partial charge < -0.3 is 9.84 Å². The van der Waals surface area contributed by atoms with Crippen LogP contribution in [0, 0.1) is 5.92 Å². The number of hydrogen-bond acceptors (Lipinski definition) is 4. The van der Waals surface area contributed by atoms with Gasteiger partial charge in [-0.15, -0.1) is 0 Å². The van der Waals surface area contributed by atoms with Crippen molar-refractivity contribution in [3.63, 3.8) is 0 Å². The van der Waals surface area contributed by atoms with Crippen LogP contribution >= 0.6 is 0 Å². The molecule has 0 unspecified atom stereocenters. The summed E-state index contributed by atoms with van der Waals surface area (Å²) in [7, 11) is 1.40. The van der Waals surface area contributed by atoms with Crippen molar-refractivity contribution in [3.05, 3.63) is 0 Å². The molecule has 0 radical (unpaired) electrons. The van der Waals surface area contributed by atoms with E-state index in [4.69, 9.17) is 4.74 Å². The average Bonchev–Trinajstić information content (AvgIpc) is 2.39. The lowest BCUT2D eigenvalue weighted by atomic mass is 9.89. The van der Waals surface area contributed by atoms with Gasteiger partial charge in [-0.1, -0.05) is 19.3 Å². The van der Waals surface area contributed by atoms with Gasteiger partial charge in [0.05, 0.1) is 19.1 Å². The average molecular weight is 241 g/mol. The van der Waals surface area contributed by atoms with Gasteiger partial charge in [0, 0.05) is 19.1 Å². The number of aliphatic hydroxyl groups is 1. The van der Waals surface area contributed by atoms with E-state index in [2.05, 4.69) is 4.90 Å². The van der Waals surface area contributed by atoms with Gasteiger partial charge in [0.25, 0.3) is 0 Å². The molecule has 0 spiro atoms. The fourth-order valence-electron chi connectivity index (χ4n) is 3.13. The predicted molar refractivity (Wildman–Crippen MR) is 64.6 cm³/mol. The zero-order valence-corrected chi connectivity index (χ0v) is 10.6. The lowest BCUT2D eigenvalue weighted by Crippen LogP contribution is -2.51. The van der Waals surface area contributed by atoms with Crippen LogP contribution in [0.2, 0.25) is 0 Å². The van der Waals surface area contributed by atoms with Gasteiger partial charge in [0.1, 0.15) is 0 Å². The summed E-state index contributed by atoms with van der Waals surface area (Å²) in [5.74, 6) is -0.617. The molecule has 1 N–H and O–H groups in total. The Labute approximate surface area is 103 Å².